The maximum atomic E-state index is 13.4. The van der Waals surface area contributed by atoms with Crippen LogP contribution in [0, 0.1) is 0 Å². The molecule has 1 N–H and O–H groups in total. The average molecular weight is 514 g/mol. The lowest BCUT2D eigenvalue weighted by Gasteiger charge is -2.20. The molecule has 3 aromatic heterocycles. The Morgan fingerprint density at radius 3 is 2.26 bits per heavy atom. The number of nitrogens with one attached hydrogen (secondary N) is 1. The first-order chi connectivity index (χ1) is 16.9. The molecule has 3 unspecified atom stereocenters. The van der Waals surface area contributed by atoms with E-state index in [1.807, 2.05) is 50.2 Å². The van der Waals surface area contributed by atoms with Crippen LogP contribution in [-0.2, 0) is 11.0 Å². The predicted octanol–water partition coefficient (Wildman–Crippen LogP) is 4.06. The Morgan fingerprint density at radius 2 is 1.66 bits per heavy atom. The second kappa shape index (κ2) is 10.8. The summed E-state index contributed by atoms with van der Waals surface area (Å²) >= 11 is 5.96. The Balaban J connectivity index is 1.76. The van der Waals surface area contributed by atoms with E-state index in [0.29, 0.717) is 16.5 Å². The van der Waals surface area contributed by atoms with Crippen molar-refractivity contribution in [2.75, 3.05) is 18.9 Å². The minimum absolute atomic E-state index is 0.130. The highest BCUT2D eigenvalue weighted by molar-refractivity contribution is 7.87. The summed E-state index contributed by atoms with van der Waals surface area (Å²) < 4.78 is 29.0. The van der Waals surface area contributed by atoms with Gasteiger partial charge in [-0.3, -0.25) is 14.3 Å². The smallest absolute Gasteiger partial charge is 0.245 e. The van der Waals surface area contributed by atoms with Crippen LogP contribution in [0.1, 0.15) is 25.5 Å². The molecule has 0 amide bonds. The van der Waals surface area contributed by atoms with Crippen LogP contribution in [0.15, 0.2) is 55.0 Å². The van der Waals surface area contributed by atoms with E-state index in [2.05, 4.69) is 29.9 Å². The highest BCUT2D eigenvalue weighted by Crippen LogP contribution is 2.35. The van der Waals surface area contributed by atoms with Gasteiger partial charge in [-0.1, -0.05) is 48.9 Å². The third-order valence-electron chi connectivity index (χ3n) is 5.51. The van der Waals surface area contributed by atoms with Crippen LogP contribution in [0.5, 0.6) is 11.8 Å². The first kappa shape index (κ1) is 24.6. The zero-order valence-electron chi connectivity index (χ0n) is 19.5. The Labute approximate surface area is 210 Å². The lowest BCUT2D eigenvalue weighted by molar-refractivity contribution is 0.368. The molecule has 0 fully saturated rings. The average Bonchev–Trinajstić information content (AvgIpc) is 3.30. The predicted molar refractivity (Wildman–Crippen MR) is 134 cm³/mol. The summed E-state index contributed by atoms with van der Waals surface area (Å²) in [7, 11) is 1.42. The number of halogens is 1. The fourth-order valence-corrected chi connectivity index (χ4v) is 4.56. The fraction of sp³-hybridized carbons (Fsp3) is 0.261. The lowest BCUT2D eigenvalue weighted by atomic mass is 10.0. The number of ether oxygens (including phenoxy) is 2. The van der Waals surface area contributed by atoms with E-state index in [-0.39, 0.29) is 28.9 Å². The SMILES string of the molecule is COc1ncnc(OC)c1-n1c(NS(=O)C(C)C(C)c2ccc(Cl)cn2)nnc1-c1ccccc1. The van der Waals surface area contributed by atoms with Gasteiger partial charge < -0.3 is 9.47 Å². The van der Waals surface area contributed by atoms with Gasteiger partial charge in [0.05, 0.1) is 24.5 Å². The second-order valence-corrected chi connectivity index (χ2v) is 9.56. The minimum atomic E-state index is -1.56. The highest BCUT2D eigenvalue weighted by Gasteiger charge is 2.27. The van der Waals surface area contributed by atoms with Gasteiger partial charge in [-0.15, -0.1) is 10.2 Å². The van der Waals surface area contributed by atoms with E-state index in [4.69, 9.17) is 21.1 Å². The van der Waals surface area contributed by atoms with Crippen molar-refractivity contribution < 1.29 is 13.7 Å². The molecule has 0 aliphatic rings. The Kier molecular flexibility index (Phi) is 7.57. The van der Waals surface area contributed by atoms with E-state index >= 15 is 0 Å². The molecule has 0 saturated carbocycles. The van der Waals surface area contributed by atoms with E-state index in [1.165, 1.54) is 20.5 Å². The van der Waals surface area contributed by atoms with Crippen molar-refractivity contribution in [1.29, 1.82) is 0 Å². The molecule has 4 rings (SSSR count). The van der Waals surface area contributed by atoms with Crippen molar-refractivity contribution in [3.05, 3.63) is 65.7 Å². The quantitative estimate of drug-likeness (QED) is 0.356. The summed E-state index contributed by atoms with van der Waals surface area (Å²) in [5.74, 6) is 1.05. The number of hydrogen-bond donors (Lipinski definition) is 1. The summed E-state index contributed by atoms with van der Waals surface area (Å²) in [4.78, 5) is 12.8. The number of methoxy groups -OCH3 is 2. The second-order valence-electron chi connectivity index (χ2n) is 7.58. The molecule has 0 aliphatic carbocycles. The lowest BCUT2D eigenvalue weighted by Crippen LogP contribution is -2.25. The molecule has 0 saturated heterocycles. The van der Waals surface area contributed by atoms with Crippen LogP contribution >= 0.6 is 11.6 Å². The van der Waals surface area contributed by atoms with Gasteiger partial charge in [0.25, 0.3) is 0 Å². The number of aromatic nitrogens is 6. The first-order valence-corrected chi connectivity index (χ1v) is 12.3. The summed E-state index contributed by atoms with van der Waals surface area (Å²) in [6.07, 6.45) is 2.91. The fourth-order valence-electron chi connectivity index (χ4n) is 3.44. The normalized spacial score (nSPS) is 13.6. The molecule has 1 aromatic carbocycles. The zero-order chi connectivity index (χ0) is 24.9. The summed E-state index contributed by atoms with van der Waals surface area (Å²) in [5.41, 5.74) is 1.93. The maximum Gasteiger partial charge on any atom is 0.245 e. The van der Waals surface area contributed by atoms with E-state index in [9.17, 15) is 4.21 Å². The number of hydrogen-bond acceptors (Lipinski definition) is 8. The van der Waals surface area contributed by atoms with Crippen molar-refractivity contribution in [1.82, 2.24) is 29.7 Å². The third-order valence-corrected chi connectivity index (χ3v) is 7.20. The van der Waals surface area contributed by atoms with Gasteiger partial charge in [0.15, 0.2) is 11.5 Å². The van der Waals surface area contributed by atoms with Crippen molar-refractivity contribution in [3.8, 4) is 28.8 Å². The Bertz CT molecular complexity index is 1300. The van der Waals surface area contributed by atoms with Crippen molar-refractivity contribution in [3.63, 3.8) is 0 Å². The Hall–Kier alpha value is -3.57. The van der Waals surface area contributed by atoms with Crippen LogP contribution in [0.2, 0.25) is 5.02 Å². The molecule has 0 aliphatic heterocycles. The number of benzene rings is 1. The molecule has 3 heterocycles. The van der Waals surface area contributed by atoms with Crippen molar-refractivity contribution >= 4 is 28.5 Å². The monoisotopic (exact) mass is 513 g/mol. The topological polar surface area (TPSA) is 117 Å². The van der Waals surface area contributed by atoms with Crippen molar-refractivity contribution in [2.45, 2.75) is 25.0 Å². The number of rotatable bonds is 9. The highest BCUT2D eigenvalue weighted by atomic mass is 35.5. The number of pyridine rings is 1. The summed E-state index contributed by atoms with van der Waals surface area (Å²) in [6.45, 7) is 3.83. The Morgan fingerprint density at radius 1 is 0.971 bits per heavy atom. The molecular weight excluding hydrogens is 490 g/mol. The molecule has 10 nitrogen and oxygen atoms in total. The molecular formula is C23H24ClN7O3S. The molecule has 0 radical (unpaired) electrons. The van der Waals surface area contributed by atoms with Gasteiger partial charge >= 0.3 is 0 Å². The number of anilines is 1. The van der Waals surface area contributed by atoms with Crippen LogP contribution in [0.4, 0.5) is 5.95 Å². The molecule has 12 heteroatoms. The van der Waals surface area contributed by atoms with E-state index in [0.717, 1.165) is 11.3 Å². The van der Waals surface area contributed by atoms with Crippen LogP contribution < -0.4 is 14.2 Å². The largest absolute Gasteiger partial charge is 0.479 e. The minimum Gasteiger partial charge on any atom is -0.479 e. The van der Waals surface area contributed by atoms with Crippen LogP contribution in [0.25, 0.3) is 17.1 Å². The van der Waals surface area contributed by atoms with E-state index < -0.39 is 11.0 Å². The van der Waals surface area contributed by atoms with Gasteiger partial charge in [0, 0.05) is 23.4 Å². The van der Waals surface area contributed by atoms with Gasteiger partial charge in [0.2, 0.25) is 17.7 Å². The molecule has 0 spiro atoms. The van der Waals surface area contributed by atoms with Gasteiger partial charge in [-0.05, 0) is 19.1 Å². The molecule has 35 heavy (non-hydrogen) atoms. The van der Waals surface area contributed by atoms with Gasteiger partial charge in [-0.2, -0.15) is 9.97 Å². The maximum absolute atomic E-state index is 13.4. The molecule has 4 aromatic rings. The number of nitrogens with zero attached hydrogens (tertiary/aromatic N) is 6. The zero-order valence-corrected chi connectivity index (χ0v) is 21.1. The van der Waals surface area contributed by atoms with Crippen LogP contribution in [-0.4, -0.2) is 53.4 Å². The van der Waals surface area contributed by atoms with Crippen molar-refractivity contribution in [2.24, 2.45) is 0 Å². The summed E-state index contributed by atoms with van der Waals surface area (Å²) in [5, 5.41) is 8.87. The molecule has 182 valence electrons. The standard InChI is InChI=1S/C23H24ClN7O3S/c1-14(18-11-10-17(24)12-25-18)15(2)35(32)30-23-29-28-20(16-8-6-5-7-9-16)31(23)19-21(33-3)26-13-27-22(19)34-4/h5-15H,1-4H3,(H,29,30). The third kappa shape index (κ3) is 5.10. The van der Waals surface area contributed by atoms with Gasteiger partial charge in [0.1, 0.15) is 17.3 Å². The summed E-state index contributed by atoms with van der Waals surface area (Å²) in [6, 6.07) is 13.0. The molecule has 3 atom stereocenters. The van der Waals surface area contributed by atoms with Gasteiger partial charge in [-0.25, -0.2) is 4.21 Å². The van der Waals surface area contributed by atoms with Crippen LogP contribution in [0.3, 0.4) is 0 Å². The van der Waals surface area contributed by atoms with E-state index in [1.54, 1.807) is 16.8 Å². The molecule has 0 bridgehead atoms. The first-order valence-electron chi connectivity index (χ1n) is 10.7.